The summed E-state index contributed by atoms with van der Waals surface area (Å²) in [4.78, 5) is 0. The third-order valence-electron chi connectivity index (χ3n) is 12.9. The number of nitrogens with two attached hydrogens (primary N) is 1. The van der Waals surface area contributed by atoms with E-state index in [1.165, 1.54) is 70.6 Å². The standard InChI is InChI=1S/C35H57NO/c1-23(2)10-8-11-24(3)28-15-16-29-27-14-17-31-33(4,5)32(37-26-13-9-12-25(36)22-26)19-21-35(31,7)30(27)18-20-34(28,29)6/h9,12-13,22-24,27-32H,8,10-11,14-21,36H2,1-7H3. The first kappa shape index (κ1) is 27.4. The van der Waals surface area contributed by atoms with Gasteiger partial charge in [0.15, 0.2) is 0 Å². The van der Waals surface area contributed by atoms with E-state index in [0.717, 1.165) is 52.9 Å². The second kappa shape index (κ2) is 10.1. The van der Waals surface area contributed by atoms with Gasteiger partial charge < -0.3 is 10.5 Å². The molecular weight excluding hydrogens is 450 g/mol. The predicted octanol–water partition coefficient (Wildman–Crippen LogP) is 9.77. The quantitative estimate of drug-likeness (QED) is 0.373. The molecule has 0 bridgehead atoms. The molecule has 37 heavy (non-hydrogen) atoms. The summed E-state index contributed by atoms with van der Waals surface area (Å²) in [5.74, 6) is 7.22. The fourth-order valence-corrected chi connectivity index (χ4v) is 11.1. The van der Waals surface area contributed by atoms with Gasteiger partial charge in [0.2, 0.25) is 0 Å². The molecule has 0 amide bonds. The number of hydrogen-bond acceptors (Lipinski definition) is 2. The zero-order chi connectivity index (χ0) is 26.6. The molecule has 2 heteroatoms. The molecule has 0 aromatic heterocycles. The van der Waals surface area contributed by atoms with Crippen LogP contribution in [0.2, 0.25) is 0 Å². The first-order chi connectivity index (χ1) is 17.5. The Bertz CT molecular complexity index is 937. The molecule has 9 unspecified atom stereocenters. The van der Waals surface area contributed by atoms with Crippen LogP contribution < -0.4 is 10.5 Å². The Balaban J connectivity index is 1.30. The number of rotatable bonds is 7. The Kier molecular flexibility index (Phi) is 7.47. The largest absolute Gasteiger partial charge is 0.490 e. The van der Waals surface area contributed by atoms with Gasteiger partial charge in [-0.1, -0.05) is 73.8 Å². The van der Waals surface area contributed by atoms with Gasteiger partial charge in [-0.2, -0.15) is 0 Å². The van der Waals surface area contributed by atoms with Gasteiger partial charge in [0, 0.05) is 17.2 Å². The predicted molar refractivity (Wildman–Crippen MR) is 158 cm³/mol. The minimum atomic E-state index is 0.187. The van der Waals surface area contributed by atoms with Crippen LogP contribution >= 0.6 is 0 Å². The second-order valence-electron chi connectivity index (χ2n) is 15.6. The van der Waals surface area contributed by atoms with Crippen molar-refractivity contribution < 1.29 is 4.74 Å². The monoisotopic (exact) mass is 507 g/mol. The van der Waals surface area contributed by atoms with E-state index in [2.05, 4.69) is 54.5 Å². The van der Waals surface area contributed by atoms with Crippen molar-refractivity contribution in [3.05, 3.63) is 24.3 Å². The van der Waals surface area contributed by atoms with Crippen LogP contribution in [0.5, 0.6) is 5.75 Å². The van der Waals surface area contributed by atoms with Crippen LogP contribution in [0.3, 0.4) is 0 Å². The Morgan fingerprint density at radius 1 is 0.865 bits per heavy atom. The zero-order valence-corrected chi connectivity index (χ0v) is 25.2. The van der Waals surface area contributed by atoms with Gasteiger partial charge in [0.05, 0.1) is 0 Å². The van der Waals surface area contributed by atoms with Crippen molar-refractivity contribution in [2.45, 2.75) is 125 Å². The molecular formula is C35H57NO. The van der Waals surface area contributed by atoms with E-state index in [-0.39, 0.29) is 11.5 Å². The molecule has 9 atom stereocenters. The van der Waals surface area contributed by atoms with Crippen molar-refractivity contribution in [3.63, 3.8) is 0 Å². The third-order valence-corrected chi connectivity index (χ3v) is 12.9. The van der Waals surface area contributed by atoms with Gasteiger partial charge in [0.1, 0.15) is 11.9 Å². The summed E-state index contributed by atoms with van der Waals surface area (Å²) < 4.78 is 6.67. The lowest BCUT2D eigenvalue weighted by molar-refractivity contribution is -0.174. The molecule has 208 valence electrons. The average Bonchev–Trinajstić information content (AvgIpc) is 3.18. The number of ether oxygens (including phenoxy) is 1. The Hall–Kier alpha value is -1.18. The average molecular weight is 508 g/mol. The highest BCUT2D eigenvalue weighted by molar-refractivity contribution is 5.43. The number of fused-ring (bicyclic) bond motifs is 5. The van der Waals surface area contributed by atoms with Crippen molar-refractivity contribution in [3.8, 4) is 5.75 Å². The molecule has 4 aliphatic rings. The lowest BCUT2D eigenvalue weighted by Crippen LogP contribution is -2.60. The third kappa shape index (κ3) is 4.75. The summed E-state index contributed by atoms with van der Waals surface area (Å²) in [5, 5.41) is 0. The summed E-state index contributed by atoms with van der Waals surface area (Å²) in [7, 11) is 0. The molecule has 2 N–H and O–H groups in total. The molecule has 4 aliphatic carbocycles. The maximum atomic E-state index is 6.67. The van der Waals surface area contributed by atoms with Gasteiger partial charge in [-0.05, 0) is 116 Å². The molecule has 0 heterocycles. The minimum absolute atomic E-state index is 0.187. The van der Waals surface area contributed by atoms with Crippen molar-refractivity contribution >= 4 is 5.69 Å². The molecule has 4 fully saturated rings. The van der Waals surface area contributed by atoms with Crippen molar-refractivity contribution in [1.29, 1.82) is 0 Å². The molecule has 2 nitrogen and oxygen atoms in total. The summed E-state index contributed by atoms with van der Waals surface area (Å²) in [6.07, 6.45) is 15.8. The normalized spacial score (nSPS) is 41.5. The molecule has 0 radical (unpaired) electrons. The van der Waals surface area contributed by atoms with E-state index in [9.17, 15) is 0 Å². The number of anilines is 1. The Morgan fingerprint density at radius 3 is 2.32 bits per heavy atom. The second-order valence-corrected chi connectivity index (χ2v) is 15.6. The van der Waals surface area contributed by atoms with Crippen LogP contribution in [0.1, 0.15) is 119 Å². The van der Waals surface area contributed by atoms with E-state index in [4.69, 9.17) is 10.5 Å². The maximum absolute atomic E-state index is 6.67. The van der Waals surface area contributed by atoms with Crippen LogP contribution in [0.25, 0.3) is 0 Å². The van der Waals surface area contributed by atoms with Crippen molar-refractivity contribution in [1.82, 2.24) is 0 Å². The van der Waals surface area contributed by atoms with Crippen LogP contribution in [0.4, 0.5) is 5.69 Å². The molecule has 0 spiro atoms. The molecule has 5 rings (SSSR count). The number of benzene rings is 1. The number of nitrogen functional groups attached to an aromatic ring is 1. The summed E-state index contributed by atoms with van der Waals surface area (Å²) >= 11 is 0. The van der Waals surface area contributed by atoms with Gasteiger partial charge in [-0.3, -0.25) is 0 Å². The fraction of sp³-hybridized carbons (Fsp3) is 0.829. The van der Waals surface area contributed by atoms with E-state index in [1.807, 2.05) is 18.2 Å². The lowest BCUT2D eigenvalue weighted by atomic mass is 9.41. The minimum Gasteiger partial charge on any atom is -0.490 e. The summed E-state index contributed by atoms with van der Waals surface area (Å²) in [6, 6.07) is 8.06. The highest BCUT2D eigenvalue weighted by Crippen LogP contribution is 2.70. The van der Waals surface area contributed by atoms with Gasteiger partial charge in [-0.15, -0.1) is 0 Å². The first-order valence-corrected chi connectivity index (χ1v) is 16.0. The fourth-order valence-electron chi connectivity index (χ4n) is 11.1. The first-order valence-electron chi connectivity index (χ1n) is 16.0. The zero-order valence-electron chi connectivity index (χ0n) is 25.2. The Morgan fingerprint density at radius 2 is 1.59 bits per heavy atom. The highest BCUT2D eigenvalue weighted by Gasteiger charge is 2.63. The SMILES string of the molecule is CC(C)CCCC(C)C1CCC2C3CCC4C(C)(C)C(Oc5cccc(N)c5)CCC4(C)C3CCC12C. The van der Waals surface area contributed by atoms with E-state index in [1.54, 1.807) is 0 Å². The van der Waals surface area contributed by atoms with Gasteiger partial charge >= 0.3 is 0 Å². The van der Waals surface area contributed by atoms with E-state index >= 15 is 0 Å². The van der Waals surface area contributed by atoms with Crippen LogP contribution in [-0.4, -0.2) is 6.10 Å². The van der Waals surface area contributed by atoms with E-state index < -0.39 is 0 Å². The van der Waals surface area contributed by atoms with Crippen LogP contribution in [0, 0.1) is 57.7 Å². The maximum Gasteiger partial charge on any atom is 0.121 e. The molecule has 4 saturated carbocycles. The van der Waals surface area contributed by atoms with Crippen LogP contribution in [0.15, 0.2) is 24.3 Å². The van der Waals surface area contributed by atoms with Gasteiger partial charge in [-0.25, -0.2) is 0 Å². The molecule has 1 aromatic rings. The smallest absolute Gasteiger partial charge is 0.121 e. The topological polar surface area (TPSA) is 35.2 Å². The van der Waals surface area contributed by atoms with Crippen molar-refractivity contribution in [2.24, 2.45) is 57.7 Å². The number of hydrogen-bond donors (Lipinski definition) is 1. The van der Waals surface area contributed by atoms with Crippen molar-refractivity contribution in [2.75, 3.05) is 5.73 Å². The van der Waals surface area contributed by atoms with Crippen LogP contribution in [-0.2, 0) is 0 Å². The summed E-state index contributed by atoms with van der Waals surface area (Å²) in [5.41, 5.74) is 8.10. The molecule has 1 aromatic carbocycles. The van der Waals surface area contributed by atoms with Gasteiger partial charge in [0.25, 0.3) is 0 Å². The lowest BCUT2D eigenvalue weighted by Gasteiger charge is -2.65. The molecule has 0 saturated heterocycles. The highest BCUT2D eigenvalue weighted by atomic mass is 16.5. The summed E-state index contributed by atoms with van der Waals surface area (Å²) in [6.45, 7) is 17.8. The van der Waals surface area contributed by atoms with E-state index in [0.29, 0.717) is 10.8 Å². The molecule has 0 aliphatic heterocycles. The Labute approximate surface area is 228 Å².